The summed E-state index contributed by atoms with van der Waals surface area (Å²) < 4.78 is 9.44. The fourth-order valence-electron chi connectivity index (χ4n) is 0.988. The van der Waals surface area contributed by atoms with E-state index in [2.05, 4.69) is 9.64 Å². The molecule has 1 atom stereocenters. The Morgan fingerprint density at radius 2 is 1.88 bits per heavy atom. The standard InChI is InChI=1S/C9H20N2O3.2ClH/c1-11(6-7-13-2)5-4-8(10)9(12)14-3;;/h8H,4-7,10H2,1-3H3;2*1H/t8-;;/m0../s1. The number of nitrogens with two attached hydrogens (primary N) is 1. The Hall–Kier alpha value is -0.0700. The van der Waals surface area contributed by atoms with Crippen LogP contribution in [0.15, 0.2) is 0 Å². The molecule has 0 unspecified atom stereocenters. The van der Waals surface area contributed by atoms with Crippen molar-refractivity contribution in [2.75, 3.05) is 41.0 Å². The topological polar surface area (TPSA) is 64.8 Å². The van der Waals surface area contributed by atoms with Gasteiger partial charge in [-0.2, -0.15) is 0 Å². The van der Waals surface area contributed by atoms with Crippen molar-refractivity contribution in [2.24, 2.45) is 5.73 Å². The molecule has 0 aromatic rings. The number of nitrogens with zero attached hydrogens (tertiary/aromatic N) is 1. The Labute approximate surface area is 109 Å². The quantitative estimate of drug-likeness (QED) is 0.678. The van der Waals surface area contributed by atoms with Crippen LogP contribution in [0.1, 0.15) is 6.42 Å². The van der Waals surface area contributed by atoms with Crippen molar-refractivity contribution in [1.82, 2.24) is 4.90 Å². The molecular weight excluding hydrogens is 255 g/mol. The van der Waals surface area contributed by atoms with Gasteiger partial charge in [0.15, 0.2) is 0 Å². The van der Waals surface area contributed by atoms with Crippen LogP contribution in [0.4, 0.5) is 0 Å². The van der Waals surface area contributed by atoms with Crippen LogP contribution >= 0.6 is 24.8 Å². The molecule has 0 aliphatic heterocycles. The van der Waals surface area contributed by atoms with E-state index in [9.17, 15) is 4.79 Å². The summed E-state index contributed by atoms with van der Waals surface area (Å²) in [6, 6.07) is -0.523. The summed E-state index contributed by atoms with van der Waals surface area (Å²) in [5, 5.41) is 0. The lowest BCUT2D eigenvalue weighted by atomic mass is 10.2. The van der Waals surface area contributed by atoms with Crippen molar-refractivity contribution in [1.29, 1.82) is 0 Å². The third kappa shape index (κ3) is 10.4. The van der Waals surface area contributed by atoms with Gasteiger partial charge in [-0.3, -0.25) is 4.79 Å². The smallest absolute Gasteiger partial charge is 0.322 e. The van der Waals surface area contributed by atoms with E-state index in [0.29, 0.717) is 13.0 Å². The molecule has 0 aromatic carbocycles. The van der Waals surface area contributed by atoms with Crippen molar-refractivity contribution >= 4 is 30.8 Å². The van der Waals surface area contributed by atoms with E-state index < -0.39 is 6.04 Å². The first-order valence-corrected chi connectivity index (χ1v) is 4.62. The fourth-order valence-corrected chi connectivity index (χ4v) is 0.988. The van der Waals surface area contributed by atoms with Crippen LogP contribution < -0.4 is 5.73 Å². The Morgan fingerprint density at radius 3 is 2.31 bits per heavy atom. The molecule has 0 aliphatic carbocycles. The van der Waals surface area contributed by atoms with Crippen LogP contribution in [0.25, 0.3) is 0 Å². The normalized spacial score (nSPS) is 11.3. The zero-order valence-corrected chi connectivity index (χ0v) is 11.6. The Kier molecular flexibility index (Phi) is 17.3. The number of esters is 1. The van der Waals surface area contributed by atoms with Crippen LogP contribution in [0.5, 0.6) is 0 Å². The SMILES string of the molecule is COCCN(C)CC[C@H](N)C(=O)OC.Cl.Cl. The molecule has 0 amide bonds. The molecule has 0 aromatic heterocycles. The number of rotatable bonds is 7. The molecule has 5 nitrogen and oxygen atoms in total. The van der Waals surface area contributed by atoms with Crippen LogP contribution in [0.3, 0.4) is 0 Å². The number of hydrogen-bond acceptors (Lipinski definition) is 5. The number of likely N-dealkylation sites (N-methyl/N-ethyl adjacent to an activating group) is 1. The monoisotopic (exact) mass is 276 g/mol. The summed E-state index contributed by atoms with van der Waals surface area (Å²) in [5.74, 6) is -0.356. The molecule has 0 heterocycles. The highest BCUT2D eigenvalue weighted by atomic mass is 35.5. The Bertz CT molecular complexity index is 173. The van der Waals surface area contributed by atoms with E-state index in [1.807, 2.05) is 7.05 Å². The van der Waals surface area contributed by atoms with E-state index in [-0.39, 0.29) is 30.8 Å². The summed E-state index contributed by atoms with van der Waals surface area (Å²) in [6.45, 7) is 2.29. The maximum atomic E-state index is 10.9. The lowest BCUT2D eigenvalue weighted by molar-refractivity contribution is -0.142. The lowest BCUT2D eigenvalue weighted by Gasteiger charge is -2.17. The maximum absolute atomic E-state index is 10.9. The second kappa shape index (κ2) is 13.0. The van der Waals surface area contributed by atoms with Gasteiger partial charge in [-0.15, -0.1) is 24.8 Å². The van der Waals surface area contributed by atoms with E-state index >= 15 is 0 Å². The summed E-state index contributed by atoms with van der Waals surface area (Å²) in [6.07, 6.45) is 0.604. The number of methoxy groups -OCH3 is 2. The van der Waals surface area contributed by atoms with Gasteiger partial charge in [0.25, 0.3) is 0 Å². The van der Waals surface area contributed by atoms with E-state index in [0.717, 1.165) is 13.1 Å². The van der Waals surface area contributed by atoms with Crippen molar-refractivity contribution < 1.29 is 14.3 Å². The zero-order valence-electron chi connectivity index (χ0n) is 9.97. The largest absolute Gasteiger partial charge is 0.468 e. The first kappa shape index (κ1) is 21.2. The fraction of sp³-hybridized carbons (Fsp3) is 0.889. The summed E-state index contributed by atoms with van der Waals surface area (Å²) in [4.78, 5) is 13.0. The van der Waals surface area contributed by atoms with Gasteiger partial charge in [-0.05, 0) is 20.0 Å². The molecule has 0 aliphatic rings. The molecule has 0 fully saturated rings. The molecule has 0 saturated carbocycles. The van der Waals surface area contributed by atoms with Gasteiger partial charge in [-0.25, -0.2) is 0 Å². The highest BCUT2D eigenvalue weighted by molar-refractivity contribution is 5.85. The molecular formula is C9H22Cl2N2O3. The predicted molar refractivity (Wildman–Crippen MR) is 68.5 cm³/mol. The van der Waals surface area contributed by atoms with Crippen molar-refractivity contribution in [3.63, 3.8) is 0 Å². The van der Waals surface area contributed by atoms with Gasteiger partial charge >= 0.3 is 5.97 Å². The van der Waals surface area contributed by atoms with Crippen molar-refractivity contribution in [3.8, 4) is 0 Å². The second-order valence-electron chi connectivity index (χ2n) is 3.21. The van der Waals surface area contributed by atoms with Crippen molar-refractivity contribution in [2.45, 2.75) is 12.5 Å². The summed E-state index contributed by atoms with van der Waals surface area (Å²) in [7, 11) is 4.97. The number of halogens is 2. The number of hydrogen-bond donors (Lipinski definition) is 1. The van der Waals surface area contributed by atoms with Crippen LogP contribution in [0.2, 0.25) is 0 Å². The number of carbonyl (C=O) groups excluding carboxylic acids is 1. The number of ether oxygens (including phenoxy) is 2. The van der Waals surface area contributed by atoms with Gasteiger partial charge in [0, 0.05) is 13.7 Å². The maximum Gasteiger partial charge on any atom is 0.322 e. The lowest BCUT2D eigenvalue weighted by Crippen LogP contribution is -2.36. The minimum Gasteiger partial charge on any atom is -0.468 e. The molecule has 0 bridgehead atoms. The summed E-state index contributed by atoms with van der Waals surface area (Å²) in [5.41, 5.74) is 5.57. The van der Waals surface area contributed by atoms with Gasteiger partial charge in [0.2, 0.25) is 0 Å². The van der Waals surface area contributed by atoms with Gasteiger partial charge in [0.1, 0.15) is 6.04 Å². The highest BCUT2D eigenvalue weighted by Crippen LogP contribution is 1.94. The minimum absolute atomic E-state index is 0. The Morgan fingerprint density at radius 1 is 1.31 bits per heavy atom. The van der Waals surface area contributed by atoms with Crippen LogP contribution in [-0.4, -0.2) is 57.9 Å². The number of carbonyl (C=O) groups is 1. The van der Waals surface area contributed by atoms with Crippen LogP contribution in [-0.2, 0) is 14.3 Å². The summed E-state index contributed by atoms with van der Waals surface area (Å²) >= 11 is 0. The molecule has 0 saturated heterocycles. The average molecular weight is 277 g/mol. The van der Waals surface area contributed by atoms with E-state index in [1.54, 1.807) is 7.11 Å². The Balaban J connectivity index is -0.000000845. The predicted octanol–water partition coefficient (Wildman–Crippen LogP) is 0.299. The first-order valence-electron chi connectivity index (χ1n) is 4.62. The van der Waals surface area contributed by atoms with Crippen molar-refractivity contribution in [3.05, 3.63) is 0 Å². The van der Waals surface area contributed by atoms with E-state index in [1.165, 1.54) is 7.11 Å². The molecule has 0 spiro atoms. The molecule has 0 rings (SSSR count). The van der Waals surface area contributed by atoms with Crippen LogP contribution in [0, 0.1) is 0 Å². The molecule has 0 radical (unpaired) electrons. The molecule has 16 heavy (non-hydrogen) atoms. The average Bonchev–Trinajstić information content (AvgIpc) is 2.21. The second-order valence-corrected chi connectivity index (χ2v) is 3.21. The zero-order chi connectivity index (χ0) is 11.0. The van der Waals surface area contributed by atoms with Gasteiger partial charge in [0.05, 0.1) is 13.7 Å². The van der Waals surface area contributed by atoms with Gasteiger partial charge < -0.3 is 20.1 Å². The molecule has 100 valence electrons. The van der Waals surface area contributed by atoms with Gasteiger partial charge in [-0.1, -0.05) is 0 Å². The highest BCUT2D eigenvalue weighted by Gasteiger charge is 2.13. The third-order valence-corrected chi connectivity index (χ3v) is 2.00. The first-order chi connectivity index (χ1) is 6.61. The molecule has 2 N–H and O–H groups in total. The molecule has 7 heteroatoms. The minimum atomic E-state index is -0.523. The van der Waals surface area contributed by atoms with E-state index in [4.69, 9.17) is 10.5 Å². The third-order valence-electron chi connectivity index (χ3n) is 2.00.